The molecule has 3 N–H and O–H groups in total. The van der Waals surface area contributed by atoms with Crippen molar-refractivity contribution >= 4 is 18.0 Å². The van der Waals surface area contributed by atoms with Crippen molar-refractivity contribution in [1.29, 1.82) is 0 Å². The van der Waals surface area contributed by atoms with Crippen LogP contribution in [0.5, 0.6) is 0 Å². The molecule has 180 valence electrons. The number of carbonyl (C=O) groups excluding carboxylic acids is 2. The lowest BCUT2D eigenvalue weighted by atomic mass is 9.98. The van der Waals surface area contributed by atoms with E-state index in [0.717, 1.165) is 22.3 Å². The largest absolute Gasteiger partial charge is 0.481 e. The molecule has 0 heterocycles. The number of rotatable bonds is 8. The predicted octanol–water partition coefficient (Wildman–Crippen LogP) is 4.13. The van der Waals surface area contributed by atoms with Crippen molar-refractivity contribution in [2.75, 3.05) is 6.61 Å². The highest BCUT2D eigenvalue weighted by molar-refractivity contribution is 5.89. The summed E-state index contributed by atoms with van der Waals surface area (Å²) in [6.45, 7) is 1.64. The van der Waals surface area contributed by atoms with Gasteiger partial charge in [0.25, 0.3) is 0 Å². The van der Waals surface area contributed by atoms with Gasteiger partial charge in [-0.15, -0.1) is 0 Å². The molecule has 3 aromatic rings. The quantitative estimate of drug-likeness (QED) is 0.453. The first kappa shape index (κ1) is 23.9. The summed E-state index contributed by atoms with van der Waals surface area (Å²) in [5, 5.41) is 14.1. The van der Waals surface area contributed by atoms with E-state index < -0.39 is 36.2 Å². The minimum atomic E-state index is -1.35. The van der Waals surface area contributed by atoms with Crippen LogP contribution in [0.25, 0.3) is 11.1 Å². The van der Waals surface area contributed by atoms with E-state index in [2.05, 4.69) is 10.6 Å². The van der Waals surface area contributed by atoms with Gasteiger partial charge in [-0.1, -0.05) is 60.7 Å². The van der Waals surface area contributed by atoms with Crippen molar-refractivity contribution in [3.05, 3.63) is 94.8 Å². The second-order valence-corrected chi connectivity index (χ2v) is 8.42. The molecule has 1 aliphatic carbocycles. The first-order valence-corrected chi connectivity index (χ1v) is 11.2. The van der Waals surface area contributed by atoms with Gasteiger partial charge in [0.1, 0.15) is 18.5 Å². The van der Waals surface area contributed by atoms with Crippen LogP contribution in [0.15, 0.2) is 66.7 Å². The Labute approximate surface area is 201 Å². The molecule has 3 aromatic carbocycles. The lowest BCUT2D eigenvalue weighted by Crippen LogP contribution is -2.48. The fourth-order valence-corrected chi connectivity index (χ4v) is 4.22. The molecule has 8 heteroatoms. The Balaban J connectivity index is 1.38. The number of benzene rings is 3. The molecule has 0 aromatic heterocycles. The van der Waals surface area contributed by atoms with Crippen LogP contribution >= 0.6 is 0 Å². The Kier molecular flexibility index (Phi) is 7.10. The maximum Gasteiger partial charge on any atom is 0.407 e. The van der Waals surface area contributed by atoms with E-state index in [-0.39, 0.29) is 19.1 Å². The summed E-state index contributed by atoms with van der Waals surface area (Å²) < 4.78 is 19.2. The highest BCUT2D eigenvalue weighted by atomic mass is 19.1. The highest BCUT2D eigenvalue weighted by Gasteiger charge is 2.30. The van der Waals surface area contributed by atoms with Crippen molar-refractivity contribution in [2.24, 2.45) is 0 Å². The average molecular weight is 477 g/mol. The Hall–Kier alpha value is -4.20. The fraction of sp³-hybridized carbons (Fsp3) is 0.222. The summed E-state index contributed by atoms with van der Waals surface area (Å²) in [5.41, 5.74) is 5.20. The molecule has 0 spiro atoms. The van der Waals surface area contributed by atoms with Gasteiger partial charge in [0.15, 0.2) is 0 Å². The first-order chi connectivity index (χ1) is 16.8. The molecule has 35 heavy (non-hydrogen) atoms. The smallest absolute Gasteiger partial charge is 0.407 e. The van der Waals surface area contributed by atoms with Gasteiger partial charge in [0.05, 0.1) is 6.42 Å². The predicted molar refractivity (Wildman–Crippen MR) is 127 cm³/mol. The Morgan fingerprint density at radius 3 is 2.23 bits per heavy atom. The van der Waals surface area contributed by atoms with Gasteiger partial charge in [-0.2, -0.15) is 0 Å². The number of ether oxygens (including phenoxy) is 1. The number of hydrogen-bond donors (Lipinski definition) is 3. The molecule has 2 amide bonds. The van der Waals surface area contributed by atoms with Crippen LogP contribution in [-0.4, -0.2) is 35.7 Å². The summed E-state index contributed by atoms with van der Waals surface area (Å²) in [5.74, 6) is -2.54. The van der Waals surface area contributed by atoms with Gasteiger partial charge in [0.2, 0.25) is 5.91 Å². The number of nitrogens with one attached hydrogen (secondary N) is 2. The number of amides is 2. The number of carboxylic acids is 1. The fourth-order valence-electron chi connectivity index (χ4n) is 4.22. The molecule has 0 saturated carbocycles. The van der Waals surface area contributed by atoms with E-state index in [1.165, 1.54) is 6.07 Å². The number of fused-ring (bicyclic) bond motifs is 3. The van der Waals surface area contributed by atoms with Crippen LogP contribution < -0.4 is 10.6 Å². The minimum absolute atomic E-state index is 0.0154. The number of aliphatic carboxylic acids is 1. The summed E-state index contributed by atoms with van der Waals surface area (Å²) in [7, 11) is 0. The number of alkyl carbamates (subject to hydrolysis) is 1. The normalized spacial score (nSPS) is 12.9. The summed E-state index contributed by atoms with van der Waals surface area (Å²) in [6, 6.07) is 18.9. The average Bonchev–Trinajstić information content (AvgIpc) is 3.16. The van der Waals surface area contributed by atoms with E-state index in [0.29, 0.717) is 11.1 Å². The summed E-state index contributed by atoms with van der Waals surface area (Å²) >= 11 is 0. The van der Waals surface area contributed by atoms with Crippen LogP contribution in [0.2, 0.25) is 0 Å². The van der Waals surface area contributed by atoms with E-state index in [1.807, 2.05) is 48.5 Å². The maximum absolute atomic E-state index is 13.7. The van der Waals surface area contributed by atoms with E-state index in [1.54, 1.807) is 19.1 Å². The number of carboxylic acid groups (broad SMARTS) is 1. The molecule has 7 nitrogen and oxygen atoms in total. The number of hydrogen-bond acceptors (Lipinski definition) is 4. The Morgan fingerprint density at radius 2 is 1.63 bits per heavy atom. The van der Waals surface area contributed by atoms with Gasteiger partial charge in [-0.3, -0.25) is 9.59 Å². The van der Waals surface area contributed by atoms with Crippen LogP contribution in [0, 0.1) is 12.7 Å². The number of carbonyl (C=O) groups is 3. The summed E-state index contributed by atoms with van der Waals surface area (Å²) in [4.78, 5) is 36.4. The monoisotopic (exact) mass is 476 g/mol. The first-order valence-electron chi connectivity index (χ1n) is 11.2. The zero-order valence-corrected chi connectivity index (χ0v) is 19.1. The molecule has 0 bridgehead atoms. The third-order valence-electron chi connectivity index (χ3n) is 6.03. The highest BCUT2D eigenvalue weighted by Crippen LogP contribution is 2.44. The zero-order chi connectivity index (χ0) is 24.9. The van der Waals surface area contributed by atoms with Crippen molar-refractivity contribution in [3.63, 3.8) is 0 Å². The molecule has 1 unspecified atom stereocenters. The van der Waals surface area contributed by atoms with Crippen LogP contribution in [-0.2, 0) is 20.9 Å². The third-order valence-corrected chi connectivity index (χ3v) is 6.03. The molecule has 0 fully saturated rings. The van der Waals surface area contributed by atoms with Crippen LogP contribution in [0.3, 0.4) is 0 Å². The molecule has 1 atom stereocenters. The third kappa shape index (κ3) is 5.48. The second kappa shape index (κ2) is 10.4. The van der Waals surface area contributed by atoms with Crippen molar-refractivity contribution in [1.82, 2.24) is 10.6 Å². The lowest BCUT2D eigenvalue weighted by molar-refractivity contribution is -0.139. The topological polar surface area (TPSA) is 105 Å². The minimum Gasteiger partial charge on any atom is -0.481 e. The van der Waals surface area contributed by atoms with Crippen molar-refractivity contribution < 1.29 is 28.6 Å². The van der Waals surface area contributed by atoms with Gasteiger partial charge < -0.3 is 20.5 Å². The van der Waals surface area contributed by atoms with E-state index >= 15 is 0 Å². The van der Waals surface area contributed by atoms with Crippen LogP contribution in [0.1, 0.15) is 34.6 Å². The van der Waals surface area contributed by atoms with Gasteiger partial charge in [-0.25, -0.2) is 9.18 Å². The number of halogens is 1. The zero-order valence-electron chi connectivity index (χ0n) is 19.1. The van der Waals surface area contributed by atoms with E-state index in [4.69, 9.17) is 4.74 Å². The van der Waals surface area contributed by atoms with Gasteiger partial charge in [0, 0.05) is 12.5 Å². The Bertz CT molecular complexity index is 1230. The molecule has 4 rings (SSSR count). The molecule has 1 aliphatic rings. The molecule has 0 saturated heterocycles. The van der Waals surface area contributed by atoms with Crippen LogP contribution in [0.4, 0.5) is 9.18 Å². The van der Waals surface area contributed by atoms with Gasteiger partial charge in [-0.05, 0) is 46.4 Å². The second-order valence-electron chi connectivity index (χ2n) is 8.42. The standard InChI is InChI=1S/C27H25FN2O5/c1-16-10-11-17(12-23(16)28)14-29-26(33)24(13-25(31)32)30-27(34)35-15-22-20-8-4-2-6-18(20)19-7-3-5-9-21(19)22/h2-12,22,24H,13-15H2,1H3,(H,29,33)(H,30,34)(H,31,32). The van der Waals surface area contributed by atoms with E-state index in [9.17, 15) is 23.9 Å². The Morgan fingerprint density at radius 1 is 1.00 bits per heavy atom. The van der Waals surface area contributed by atoms with Gasteiger partial charge >= 0.3 is 12.1 Å². The molecule has 0 aliphatic heterocycles. The molecular formula is C27H25FN2O5. The molecule has 0 radical (unpaired) electrons. The molecular weight excluding hydrogens is 451 g/mol. The maximum atomic E-state index is 13.7. The lowest BCUT2D eigenvalue weighted by Gasteiger charge is -2.19. The van der Waals surface area contributed by atoms with Crippen molar-refractivity contribution in [2.45, 2.75) is 31.8 Å². The summed E-state index contributed by atoms with van der Waals surface area (Å²) in [6.07, 6.45) is -1.52. The SMILES string of the molecule is Cc1ccc(CNC(=O)C(CC(=O)O)NC(=O)OCC2c3ccccc3-c3ccccc32)cc1F. The van der Waals surface area contributed by atoms with Crippen molar-refractivity contribution in [3.8, 4) is 11.1 Å². The number of aryl methyl sites for hydroxylation is 1.